The molecule has 0 aliphatic rings. The van der Waals surface area contributed by atoms with Gasteiger partial charge < -0.3 is 5.32 Å². The van der Waals surface area contributed by atoms with Gasteiger partial charge >= 0.3 is 5.69 Å². The van der Waals surface area contributed by atoms with Crippen LogP contribution in [0.25, 0.3) is 11.0 Å². The lowest BCUT2D eigenvalue weighted by Crippen LogP contribution is -2.39. The highest BCUT2D eigenvalue weighted by Crippen LogP contribution is 1.99. The topological polar surface area (TPSA) is 115 Å². The van der Waals surface area contributed by atoms with Crippen molar-refractivity contribution in [1.82, 2.24) is 29.6 Å². The second kappa shape index (κ2) is 6.49. The first kappa shape index (κ1) is 15.7. The fourth-order valence-electron chi connectivity index (χ4n) is 2.44. The Morgan fingerprint density at radius 2 is 2.12 bits per heavy atom. The number of pyridine rings is 1. The lowest BCUT2D eigenvalue weighted by atomic mass is 10.3. The zero-order chi connectivity index (χ0) is 17.1. The number of aromatic nitrogens is 5. The lowest BCUT2D eigenvalue weighted by Gasteiger charge is -2.08. The molecule has 24 heavy (non-hydrogen) atoms. The van der Waals surface area contributed by atoms with Gasteiger partial charge in [0.1, 0.15) is 11.3 Å². The van der Waals surface area contributed by atoms with Crippen molar-refractivity contribution in [3.8, 4) is 0 Å². The molecule has 0 saturated carbocycles. The normalized spacial score (nSPS) is 10.9. The summed E-state index contributed by atoms with van der Waals surface area (Å²) < 4.78 is 2.61. The fourth-order valence-corrected chi connectivity index (χ4v) is 2.44. The third-order valence-electron chi connectivity index (χ3n) is 3.62. The van der Waals surface area contributed by atoms with Crippen LogP contribution in [-0.2, 0) is 13.1 Å². The Morgan fingerprint density at radius 1 is 1.29 bits per heavy atom. The summed E-state index contributed by atoms with van der Waals surface area (Å²) in [7, 11) is 0. The third kappa shape index (κ3) is 2.83. The Morgan fingerprint density at radius 3 is 2.92 bits per heavy atom. The minimum absolute atomic E-state index is 0.0605. The van der Waals surface area contributed by atoms with Crippen LogP contribution in [0.15, 0.2) is 40.2 Å². The Bertz CT molecular complexity index is 1000. The van der Waals surface area contributed by atoms with Gasteiger partial charge in [0.2, 0.25) is 0 Å². The average molecular weight is 328 g/mol. The van der Waals surface area contributed by atoms with Crippen LogP contribution in [0.5, 0.6) is 0 Å². The van der Waals surface area contributed by atoms with Crippen LogP contribution >= 0.6 is 0 Å². The van der Waals surface area contributed by atoms with Crippen LogP contribution in [-0.4, -0.2) is 36.8 Å². The summed E-state index contributed by atoms with van der Waals surface area (Å²) in [5, 5.41) is 7.03. The van der Waals surface area contributed by atoms with E-state index in [2.05, 4.69) is 20.4 Å². The highest BCUT2D eigenvalue weighted by Gasteiger charge is 2.12. The van der Waals surface area contributed by atoms with Crippen LogP contribution in [0, 0.1) is 0 Å². The maximum Gasteiger partial charge on any atom is 0.330 e. The number of fused-ring (bicyclic) bond motifs is 1. The monoisotopic (exact) mass is 328 g/mol. The highest BCUT2D eigenvalue weighted by atomic mass is 16.2. The summed E-state index contributed by atoms with van der Waals surface area (Å²) in [6, 6.07) is 4.83. The van der Waals surface area contributed by atoms with Crippen LogP contribution < -0.4 is 16.6 Å². The molecule has 9 heteroatoms. The smallest absolute Gasteiger partial charge is 0.330 e. The second-order valence-corrected chi connectivity index (χ2v) is 5.07. The quantitative estimate of drug-likeness (QED) is 0.669. The summed E-state index contributed by atoms with van der Waals surface area (Å²) in [5.41, 5.74) is -0.310. The number of aryl methyl sites for hydroxylation is 1. The van der Waals surface area contributed by atoms with E-state index in [9.17, 15) is 14.4 Å². The second-order valence-electron chi connectivity index (χ2n) is 5.07. The van der Waals surface area contributed by atoms with Gasteiger partial charge in [0.15, 0.2) is 0 Å². The van der Waals surface area contributed by atoms with Gasteiger partial charge in [-0.05, 0) is 25.1 Å². The predicted octanol–water partition coefficient (Wildman–Crippen LogP) is -0.269. The average Bonchev–Trinajstić information content (AvgIpc) is 3.06. The molecule has 2 N–H and O–H groups in total. The van der Waals surface area contributed by atoms with Crippen molar-refractivity contribution >= 4 is 16.9 Å². The number of amides is 1. The van der Waals surface area contributed by atoms with Crippen molar-refractivity contribution in [2.75, 3.05) is 6.54 Å². The lowest BCUT2D eigenvalue weighted by molar-refractivity contribution is 0.0941. The van der Waals surface area contributed by atoms with Crippen LogP contribution in [0.1, 0.15) is 17.4 Å². The zero-order valence-corrected chi connectivity index (χ0v) is 13.0. The molecular weight excluding hydrogens is 312 g/mol. The van der Waals surface area contributed by atoms with Crippen molar-refractivity contribution in [3.63, 3.8) is 0 Å². The molecule has 3 rings (SSSR count). The fraction of sp³-hybridized carbons (Fsp3) is 0.267. The van der Waals surface area contributed by atoms with E-state index in [1.807, 2.05) is 6.92 Å². The molecule has 3 heterocycles. The molecule has 0 aliphatic heterocycles. The number of rotatable bonds is 5. The molecule has 3 aromatic rings. The van der Waals surface area contributed by atoms with Gasteiger partial charge in [0.25, 0.3) is 11.5 Å². The molecule has 0 spiro atoms. The Labute approximate surface area is 136 Å². The zero-order valence-electron chi connectivity index (χ0n) is 13.0. The van der Waals surface area contributed by atoms with E-state index in [1.165, 1.54) is 6.20 Å². The molecule has 3 aromatic heterocycles. The minimum atomic E-state index is -0.556. The van der Waals surface area contributed by atoms with Crippen molar-refractivity contribution in [3.05, 3.63) is 57.1 Å². The molecule has 0 unspecified atom stereocenters. The van der Waals surface area contributed by atoms with Gasteiger partial charge in [-0.25, -0.2) is 9.78 Å². The molecule has 9 nitrogen and oxygen atoms in total. The predicted molar refractivity (Wildman–Crippen MR) is 86.9 cm³/mol. The van der Waals surface area contributed by atoms with E-state index in [0.29, 0.717) is 17.6 Å². The van der Waals surface area contributed by atoms with Crippen LogP contribution in [0.3, 0.4) is 0 Å². The molecule has 0 radical (unpaired) electrons. The van der Waals surface area contributed by atoms with Gasteiger partial charge in [0.05, 0.1) is 5.39 Å². The summed E-state index contributed by atoms with van der Waals surface area (Å²) in [5.74, 6) is -0.304. The van der Waals surface area contributed by atoms with E-state index in [4.69, 9.17) is 0 Å². The summed E-state index contributed by atoms with van der Waals surface area (Å²) in [6.45, 7) is 2.66. The van der Waals surface area contributed by atoms with Crippen molar-refractivity contribution in [1.29, 1.82) is 0 Å². The highest BCUT2D eigenvalue weighted by molar-refractivity contribution is 5.92. The maximum atomic E-state index is 12.3. The van der Waals surface area contributed by atoms with Gasteiger partial charge in [-0.1, -0.05) is 0 Å². The molecule has 0 saturated heterocycles. The Kier molecular flexibility index (Phi) is 4.23. The largest absolute Gasteiger partial charge is 0.349 e. The number of carbonyl (C=O) groups excluding carboxylic acids is 1. The van der Waals surface area contributed by atoms with Crippen LogP contribution in [0.2, 0.25) is 0 Å². The minimum Gasteiger partial charge on any atom is -0.349 e. The van der Waals surface area contributed by atoms with Crippen molar-refractivity contribution < 1.29 is 4.79 Å². The Hall–Kier alpha value is -3.23. The third-order valence-corrected chi connectivity index (χ3v) is 3.62. The first-order chi connectivity index (χ1) is 11.6. The number of nitrogens with zero attached hydrogens (tertiary/aromatic N) is 4. The van der Waals surface area contributed by atoms with Gasteiger partial charge in [-0.15, -0.1) is 0 Å². The number of carbonyl (C=O) groups is 1. The first-order valence-corrected chi connectivity index (χ1v) is 7.49. The number of aromatic amines is 1. The molecule has 124 valence electrons. The molecule has 1 amide bonds. The van der Waals surface area contributed by atoms with Crippen LogP contribution in [0.4, 0.5) is 0 Å². The van der Waals surface area contributed by atoms with Crippen molar-refractivity contribution in [2.45, 2.75) is 20.0 Å². The summed E-state index contributed by atoms with van der Waals surface area (Å²) >= 11 is 0. The molecule has 0 fully saturated rings. The number of nitrogens with one attached hydrogen (secondary N) is 2. The van der Waals surface area contributed by atoms with E-state index in [-0.39, 0.29) is 24.6 Å². The molecule has 0 aromatic carbocycles. The van der Waals surface area contributed by atoms with E-state index in [0.717, 1.165) is 4.57 Å². The van der Waals surface area contributed by atoms with E-state index >= 15 is 0 Å². The molecular formula is C15H16N6O3. The molecule has 0 bridgehead atoms. The maximum absolute atomic E-state index is 12.3. The van der Waals surface area contributed by atoms with E-state index in [1.54, 1.807) is 29.1 Å². The Balaban J connectivity index is 1.76. The van der Waals surface area contributed by atoms with Gasteiger partial charge in [-0.3, -0.25) is 23.8 Å². The molecule has 0 aliphatic carbocycles. The first-order valence-electron chi connectivity index (χ1n) is 7.49. The van der Waals surface area contributed by atoms with Crippen molar-refractivity contribution in [2.24, 2.45) is 0 Å². The standard InChI is InChI=1S/C15H16N6O3/c1-2-21-11(5-7-18-21)13(22)17-8-9-20-14(23)10-4-3-6-16-12(10)19-15(20)24/h3-7H,2,8-9H2,1H3,(H,17,22)(H,16,19,24). The van der Waals surface area contributed by atoms with E-state index < -0.39 is 11.2 Å². The molecule has 0 atom stereocenters. The number of hydrogen-bond donors (Lipinski definition) is 2. The summed E-state index contributed by atoms with van der Waals surface area (Å²) in [6.07, 6.45) is 3.04. The summed E-state index contributed by atoms with van der Waals surface area (Å²) in [4.78, 5) is 42.9. The van der Waals surface area contributed by atoms with Gasteiger partial charge in [-0.2, -0.15) is 5.10 Å². The number of H-pyrrole nitrogens is 1. The SMILES string of the molecule is CCn1nccc1C(=O)NCCn1c(=O)[nH]c2ncccc2c1=O. The number of hydrogen-bond acceptors (Lipinski definition) is 5. The van der Waals surface area contributed by atoms with Gasteiger partial charge in [0, 0.05) is 32.0 Å².